The van der Waals surface area contributed by atoms with Gasteiger partial charge < -0.3 is 9.47 Å². The quantitative estimate of drug-likeness (QED) is 0.283. The van der Waals surface area contributed by atoms with E-state index in [0.717, 1.165) is 5.75 Å². The van der Waals surface area contributed by atoms with E-state index < -0.39 is 62.1 Å². The van der Waals surface area contributed by atoms with Crippen LogP contribution in [0.25, 0.3) is 0 Å². The van der Waals surface area contributed by atoms with Gasteiger partial charge in [0.2, 0.25) is 0 Å². The lowest BCUT2D eigenvalue weighted by Gasteiger charge is -2.40. The van der Waals surface area contributed by atoms with E-state index in [9.17, 15) is 43.9 Å². The molecular weight excluding hydrogens is 498 g/mol. The first-order valence-corrected chi connectivity index (χ1v) is 10.3. The largest absolute Gasteiger partial charge is 0.492 e. The fourth-order valence-electron chi connectivity index (χ4n) is 3.43. The number of ether oxygens (including phenoxy) is 2. The first-order valence-electron chi connectivity index (χ1n) is 9.74. The summed E-state index contributed by atoms with van der Waals surface area (Å²) in [6, 6.07) is 6.10. The molecule has 0 saturated heterocycles. The van der Waals surface area contributed by atoms with Crippen molar-refractivity contribution in [2.45, 2.75) is 64.1 Å². The SMILES string of the molecule is Cc1cccc(C)c1OCCCl.FC(F)C(F)(F)OC1C(C(F)(F)F)CCCC1C(F)(F)F. The van der Waals surface area contributed by atoms with Gasteiger partial charge in [-0.1, -0.05) is 24.6 Å². The standard InChI is InChI=1S/C10H13ClO.C10H10F10O/c1-8-4-3-5-9(2)10(8)12-7-6-11;11-7(12)10(19,20)21-6-4(8(13,14)15)2-1-3-5(6)9(16,17)18/h3-5H,6-7H2,1-2H3;4-7H,1-3H2. The van der Waals surface area contributed by atoms with Crippen molar-refractivity contribution >= 4 is 11.6 Å². The molecular formula is C20H23ClF10O2. The first-order chi connectivity index (χ1) is 15.0. The van der Waals surface area contributed by atoms with Gasteiger partial charge in [-0.25, -0.2) is 8.78 Å². The van der Waals surface area contributed by atoms with Crippen molar-refractivity contribution in [3.05, 3.63) is 29.3 Å². The van der Waals surface area contributed by atoms with Gasteiger partial charge in [0.15, 0.2) is 0 Å². The summed E-state index contributed by atoms with van der Waals surface area (Å²) in [6.45, 7) is 4.65. The summed E-state index contributed by atoms with van der Waals surface area (Å²) in [7, 11) is 0. The third-order valence-electron chi connectivity index (χ3n) is 4.94. The van der Waals surface area contributed by atoms with Crippen LogP contribution in [0, 0.1) is 25.7 Å². The van der Waals surface area contributed by atoms with Crippen molar-refractivity contribution in [1.82, 2.24) is 0 Å². The number of aryl methyl sites for hydroxylation is 2. The molecule has 0 spiro atoms. The predicted molar refractivity (Wildman–Crippen MR) is 101 cm³/mol. The Balaban J connectivity index is 0.000000383. The van der Waals surface area contributed by atoms with E-state index in [2.05, 4.69) is 4.74 Å². The molecule has 1 saturated carbocycles. The minimum Gasteiger partial charge on any atom is -0.492 e. The highest BCUT2D eigenvalue weighted by Crippen LogP contribution is 2.49. The van der Waals surface area contributed by atoms with Crippen LogP contribution in [0.1, 0.15) is 30.4 Å². The Kier molecular flexibility index (Phi) is 10.6. The molecule has 2 nitrogen and oxygen atoms in total. The molecule has 0 aromatic heterocycles. The molecule has 1 aromatic rings. The van der Waals surface area contributed by atoms with Crippen LogP contribution in [0.2, 0.25) is 0 Å². The number of halogens is 11. The lowest BCUT2D eigenvalue weighted by atomic mass is 9.77. The van der Waals surface area contributed by atoms with Gasteiger partial charge in [0.05, 0.1) is 23.8 Å². The smallest absolute Gasteiger partial charge is 0.416 e. The zero-order valence-corrected chi connectivity index (χ0v) is 18.3. The lowest BCUT2D eigenvalue weighted by molar-refractivity contribution is -0.366. The summed E-state index contributed by atoms with van der Waals surface area (Å²) in [5.41, 5.74) is 2.33. The van der Waals surface area contributed by atoms with Crippen LogP contribution in [0.15, 0.2) is 18.2 Å². The maximum absolute atomic E-state index is 12.7. The molecule has 1 aromatic carbocycles. The summed E-state index contributed by atoms with van der Waals surface area (Å²) >= 11 is 5.53. The van der Waals surface area contributed by atoms with Crippen molar-refractivity contribution in [1.29, 1.82) is 0 Å². The molecule has 0 heterocycles. The number of rotatable bonds is 6. The van der Waals surface area contributed by atoms with Gasteiger partial charge in [-0.05, 0) is 37.8 Å². The van der Waals surface area contributed by atoms with E-state index in [1.807, 2.05) is 32.0 Å². The maximum atomic E-state index is 12.7. The number of alkyl halides is 11. The van der Waals surface area contributed by atoms with E-state index in [4.69, 9.17) is 16.3 Å². The molecule has 2 unspecified atom stereocenters. The van der Waals surface area contributed by atoms with Gasteiger partial charge in [0.25, 0.3) is 0 Å². The fraction of sp³-hybridized carbons (Fsp3) is 0.700. The second-order valence-corrected chi connectivity index (χ2v) is 7.81. The molecule has 0 amide bonds. The fourth-order valence-corrected chi connectivity index (χ4v) is 3.51. The molecule has 192 valence electrons. The zero-order chi connectivity index (χ0) is 25.6. The highest BCUT2D eigenvalue weighted by atomic mass is 35.5. The molecule has 1 aliphatic rings. The van der Waals surface area contributed by atoms with Gasteiger partial charge in [0.1, 0.15) is 12.4 Å². The average molecular weight is 521 g/mol. The molecule has 33 heavy (non-hydrogen) atoms. The van der Waals surface area contributed by atoms with Gasteiger partial charge in [-0.3, -0.25) is 0 Å². The zero-order valence-electron chi connectivity index (χ0n) is 17.6. The predicted octanol–water partition coefficient (Wildman–Crippen LogP) is 7.69. The second-order valence-electron chi connectivity index (χ2n) is 7.43. The Morgan fingerprint density at radius 3 is 1.73 bits per heavy atom. The Morgan fingerprint density at radius 1 is 0.909 bits per heavy atom. The van der Waals surface area contributed by atoms with Crippen LogP contribution < -0.4 is 4.74 Å². The highest BCUT2D eigenvalue weighted by Gasteiger charge is 2.60. The third kappa shape index (κ3) is 8.70. The van der Waals surface area contributed by atoms with Gasteiger partial charge in [-0.15, -0.1) is 11.6 Å². The number of hydrogen-bond acceptors (Lipinski definition) is 2. The maximum Gasteiger partial charge on any atom is 0.416 e. The van der Waals surface area contributed by atoms with Crippen molar-refractivity contribution in [3.63, 3.8) is 0 Å². The Hall–Kier alpha value is -1.43. The van der Waals surface area contributed by atoms with Crippen molar-refractivity contribution < 1.29 is 53.4 Å². The Labute approximate surface area is 189 Å². The Bertz CT molecular complexity index is 694. The van der Waals surface area contributed by atoms with Crippen molar-refractivity contribution in [2.75, 3.05) is 12.5 Å². The van der Waals surface area contributed by atoms with Crippen LogP contribution in [-0.4, -0.2) is 43.5 Å². The molecule has 0 N–H and O–H groups in total. The third-order valence-corrected chi connectivity index (χ3v) is 5.10. The molecule has 2 rings (SSSR count). The summed E-state index contributed by atoms with van der Waals surface area (Å²) in [5, 5.41) is 0. The van der Waals surface area contributed by atoms with Crippen LogP contribution in [0.4, 0.5) is 43.9 Å². The number of para-hydroxylation sites is 1. The van der Waals surface area contributed by atoms with E-state index in [0.29, 0.717) is 12.5 Å². The van der Waals surface area contributed by atoms with E-state index >= 15 is 0 Å². The molecule has 1 fully saturated rings. The number of benzene rings is 1. The Morgan fingerprint density at radius 2 is 1.36 bits per heavy atom. The summed E-state index contributed by atoms with van der Waals surface area (Å²) < 4.78 is 134. The minimum atomic E-state index is -5.38. The molecule has 0 bridgehead atoms. The van der Waals surface area contributed by atoms with Crippen molar-refractivity contribution in [3.8, 4) is 5.75 Å². The summed E-state index contributed by atoms with van der Waals surface area (Å²) in [4.78, 5) is 0. The second kappa shape index (κ2) is 11.8. The van der Waals surface area contributed by atoms with Gasteiger partial charge in [-0.2, -0.15) is 35.1 Å². The average Bonchev–Trinajstić information content (AvgIpc) is 2.66. The van der Waals surface area contributed by atoms with E-state index in [-0.39, 0.29) is 0 Å². The van der Waals surface area contributed by atoms with Crippen LogP contribution >= 0.6 is 11.6 Å². The molecule has 1 aliphatic carbocycles. The van der Waals surface area contributed by atoms with E-state index in [1.54, 1.807) is 0 Å². The van der Waals surface area contributed by atoms with Crippen LogP contribution in [0.3, 0.4) is 0 Å². The molecule has 2 atom stereocenters. The van der Waals surface area contributed by atoms with Gasteiger partial charge in [0, 0.05) is 0 Å². The molecule has 0 radical (unpaired) electrons. The van der Waals surface area contributed by atoms with Crippen LogP contribution in [-0.2, 0) is 4.74 Å². The highest BCUT2D eigenvalue weighted by molar-refractivity contribution is 6.18. The topological polar surface area (TPSA) is 18.5 Å². The lowest BCUT2D eigenvalue weighted by Crippen LogP contribution is -2.52. The number of hydrogen-bond donors (Lipinski definition) is 0. The van der Waals surface area contributed by atoms with Crippen LogP contribution in [0.5, 0.6) is 5.75 Å². The summed E-state index contributed by atoms with van der Waals surface area (Å²) in [5.74, 6) is -4.24. The van der Waals surface area contributed by atoms with Crippen molar-refractivity contribution in [2.24, 2.45) is 11.8 Å². The molecule has 0 aliphatic heterocycles. The normalized spacial score (nSPS) is 22.1. The van der Waals surface area contributed by atoms with E-state index in [1.165, 1.54) is 11.1 Å². The monoisotopic (exact) mass is 520 g/mol. The minimum absolute atomic E-state index is 0.519. The summed E-state index contributed by atoms with van der Waals surface area (Å²) in [6.07, 6.45) is -25.8. The first kappa shape index (κ1) is 29.6. The molecule has 13 heteroatoms. The van der Waals surface area contributed by atoms with Gasteiger partial charge >= 0.3 is 24.9 Å².